The number of fused-ring (bicyclic) bond motifs is 1. The van der Waals surface area contributed by atoms with Gasteiger partial charge in [-0.25, -0.2) is 4.39 Å². The summed E-state index contributed by atoms with van der Waals surface area (Å²) in [4.78, 5) is 0. The van der Waals surface area contributed by atoms with Crippen LogP contribution in [0.3, 0.4) is 0 Å². The van der Waals surface area contributed by atoms with Crippen LogP contribution in [0.4, 0.5) is 4.39 Å². The fraction of sp³-hybridized carbons (Fsp3) is 0.600. The second-order valence-electron chi connectivity index (χ2n) is 4.53. The van der Waals surface area contributed by atoms with Gasteiger partial charge in [0.15, 0.2) is 0 Å². The molecule has 0 saturated carbocycles. The van der Waals surface area contributed by atoms with Crippen molar-refractivity contribution in [2.45, 2.75) is 58.8 Å². The fourth-order valence-corrected chi connectivity index (χ4v) is 2.54. The lowest BCUT2D eigenvalue weighted by atomic mass is 9.70. The van der Waals surface area contributed by atoms with Crippen LogP contribution in [0.2, 0.25) is 0 Å². The molecule has 0 saturated heterocycles. The van der Waals surface area contributed by atoms with Gasteiger partial charge < -0.3 is 0 Å². The molecule has 1 aromatic rings. The van der Waals surface area contributed by atoms with Crippen molar-refractivity contribution in [1.82, 2.24) is 0 Å². The maximum atomic E-state index is 13.6. The molecule has 1 atom stereocenters. The van der Waals surface area contributed by atoms with Crippen molar-refractivity contribution in [2.24, 2.45) is 0 Å². The molecule has 0 nitrogen and oxygen atoms in total. The van der Waals surface area contributed by atoms with Crippen molar-refractivity contribution in [3.05, 3.63) is 35.1 Å². The Morgan fingerprint density at radius 1 is 1.31 bits per heavy atom. The van der Waals surface area contributed by atoms with Crippen molar-refractivity contribution in [3.8, 4) is 0 Å². The summed E-state index contributed by atoms with van der Waals surface area (Å²) < 4.78 is 13.6. The first-order valence-electron chi connectivity index (χ1n) is 6.45. The minimum atomic E-state index is -0.0122. The lowest BCUT2D eigenvalue weighted by Crippen LogP contribution is -2.27. The third kappa shape index (κ3) is 2.28. The zero-order chi connectivity index (χ0) is 12.2. The van der Waals surface area contributed by atoms with E-state index in [0.717, 1.165) is 24.8 Å². The third-order valence-electron chi connectivity index (χ3n) is 3.70. The Morgan fingerprint density at radius 3 is 2.62 bits per heavy atom. The highest BCUT2D eigenvalue weighted by Crippen LogP contribution is 2.40. The Hall–Kier alpha value is -0.850. The summed E-state index contributed by atoms with van der Waals surface area (Å²) in [5.41, 5.74) is 2.41. The summed E-state index contributed by atoms with van der Waals surface area (Å²) in [5, 5.41) is 0. The maximum absolute atomic E-state index is 13.6. The number of halogens is 1. The zero-order valence-corrected chi connectivity index (χ0v) is 10.9. The van der Waals surface area contributed by atoms with E-state index in [-0.39, 0.29) is 11.2 Å². The lowest BCUT2D eigenvalue weighted by molar-refractivity contribution is 0.374. The molecular weight excluding hydrogens is 199 g/mol. The molecule has 1 unspecified atom stereocenters. The summed E-state index contributed by atoms with van der Waals surface area (Å²) in [6, 6.07) is 5.52. The van der Waals surface area contributed by atoms with Gasteiger partial charge in [-0.15, -0.1) is 0 Å². The topological polar surface area (TPSA) is 0 Å². The molecular formula is C15H23F. The molecule has 90 valence electrons. The predicted molar refractivity (Wildman–Crippen MR) is 68.3 cm³/mol. The molecule has 0 amide bonds. The normalized spacial score (nSPS) is 23.1. The van der Waals surface area contributed by atoms with E-state index in [4.69, 9.17) is 0 Å². The van der Waals surface area contributed by atoms with Crippen LogP contribution in [0.1, 0.15) is 58.1 Å². The van der Waals surface area contributed by atoms with E-state index < -0.39 is 0 Å². The van der Waals surface area contributed by atoms with Crippen LogP contribution >= 0.6 is 0 Å². The molecule has 0 heterocycles. The van der Waals surface area contributed by atoms with Crippen LogP contribution in [-0.4, -0.2) is 0 Å². The summed E-state index contributed by atoms with van der Waals surface area (Å²) in [6.07, 6.45) is 4.33. The summed E-state index contributed by atoms with van der Waals surface area (Å²) in [6.45, 7) is 8.45. The minimum absolute atomic E-state index is 0.0122. The summed E-state index contributed by atoms with van der Waals surface area (Å²) in [7, 11) is 0. The standard InChI is InChI=1S/C13H17F.C2H6/c1-3-13(2)9-5-6-10-11(13)7-4-8-12(10)14;1-2/h4,7-8H,3,5-6,9H2,1-2H3;1-2H3. The molecule has 1 aromatic carbocycles. The van der Waals surface area contributed by atoms with Gasteiger partial charge >= 0.3 is 0 Å². The van der Waals surface area contributed by atoms with Crippen molar-refractivity contribution >= 4 is 0 Å². The van der Waals surface area contributed by atoms with E-state index in [1.165, 1.54) is 12.0 Å². The Kier molecular flexibility index (Phi) is 4.52. The minimum Gasteiger partial charge on any atom is -0.207 e. The molecule has 0 fully saturated rings. The predicted octanol–water partition coefficient (Wildman–Crippen LogP) is 4.86. The van der Waals surface area contributed by atoms with E-state index in [1.54, 1.807) is 6.07 Å². The first kappa shape index (κ1) is 13.2. The number of hydrogen-bond acceptors (Lipinski definition) is 0. The average molecular weight is 222 g/mol. The highest BCUT2D eigenvalue weighted by Gasteiger charge is 2.31. The molecule has 2 rings (SSSR count). The highest BCUT2D eigenvalue weighted by molar-refractivity contribution is 5.37. The Balaban J connectivity index is 0.000000606. The average Bonchev–Trinajstić information content (AvgIpc) is 2.33. The summed E-state index contributed by atoms with van der Waals surface area (Å²) in [5.74, 6) is -0.0122. The van der Waals surface area contributed by atoms with Crippen LogP contribution in [-0.2, 0) is 11.8 Å². The van der Waals surface area contributed by atoms with E-state index in [2.05, 4.69) is 19.9 Å². The molecule has 0 aromatic heterocycles. The van der Waals surface area contributed by atoms with E-state index in [1.807, 2.05) is 19.9 Å². The van der Waals surface area contributed by atoms with Gasteiger partial charge in [-0.05, 0) is 48.3 Å². The fourth-order valence-electron chi connectivity index (χ4n) is 2.54. The zero-order valence-electron chi connectivity index (χ0n) is 10.9. The van der Waals surface area contributed by atoms with Crippen molar-refractivity contribution < 1.29 is 4.39 Å². The SMILES string of the molecule is CC.CCC1(C)CCCc2c(F)cccc21. The Bertz CT molecular complexity index is 343. The van der Waals surface area contributed by atoms with Crippen molar-refractivity contribution in [3.63, 3.8) is 0 Å². The molecule has 0 N–H and O–H groups in total. The number of rotatable bonds is 1. The second-order valence-corrected chi connectivity index (χ2v) is 4.53. The van der Waals surface area contributed by atoms with Gasteiger partial charge in [0.2, 0.25) is 0 Å². The van der Waals surface area contributed by atoms with Crippen molar-refractivity contribution in [1.29, 1.82) is 0 Å². The Morgan fingerprint density at radius 2 is 2.00 bits per heavy atom. The van der Waals surface area contributed by atoms with Gasteiger partial charge in [0.05, 0.1) is 0 Å². The van der Waals surface area contributed by atoms with Crippen LogP contribution in [0.25, 0.3) is 0 Å². The Labute approximate surface area is 98.9 Å². The molecule has 1 heteroatoms. The van der Waals surface area contributed by atoms with Gasteiger partial charge in [0.25, 0.3) is 0 Å². The first-order chi connectivity index (χ1) is 7.67. The quantitative estimate of drug-likeness (QED) is 0.637. The van der Waals surface area contributed by atoms with Crippen LogP contribution in [0.5, 0.6) is 0 Å². The van der Waals surface area contributed by atoms with Crippen LogP contribution in [0.15, 0.2) is 18.2 Å². The maximum Gasteiger partial charge on any atom is 0.126 e. The molecule has 1 aliphatic carbocycles. The molecule has 0 bridgehead atoms. The van der Waals surface area contributed by atoms with E-state index >= 15 is 0 Å². The number of benzene rings is 1. The third-order valence-corrected chi connectivity index (χ3v) is 3.70. The highest BCUT2D eigenvalue weighted by atomic mass is 19.1. The molecule has 0 aliphatic heterocycles. The van der Waals surface area contributed by atoms with Gasteiger partial charge in [0, 0.05) is 0 Å². The van der Waals surface area contributed by atoms with E-state index in [0.29, 0.717) is 0 Å². The monoisotopic (exact) mass is 222 g/mol. The van der Waals surface area contributed by atoms with Crippen LogP contribution in [0, 0.1) is 5.82 Å². The number of hydrogen-bond donors (Lipinski definition) is 0. The molecule has 1 aliphatic rings. The molecule has 0 spiro atoms. The largest absolute Gasteiger partial charge is 0.207 e. The second kappa shape index (κ2) is 5.47. The van der Waals surface area contributed by atoms with Gasteiger partial charge in [-0.2, -0.15) is 0 Å². The summed E-state index contributed by atoms with van der Waals surface area (Å²) >= 11 is 0. The van der Waals surface area contributed by atoms with E-state index in [9.17, 15) is 4.39 Å². The van der Waals surface area contributed by atoms with Crippen molar-refractivity contribution in [2.75, 3.05) is 0 Å². The first-order valence-corrected chi connectivity index (χ1v) is 6.45. The molecule has 16 heavy (non-hydrogen) atoms. The molecule has 0 radical (unpaired) electrons. The van der Waals surface area contributed by atoms with Gasteiger partial charge in [0.1, 0.15) is 5.82 Å². The smallest absolute Gasteiger partial charge is 0.126 e. The van der Waals surface area contributed by atoms with Gasteiger partial charge in [-0.1, -0.05) is 39.8 Å². The lowest BCUT2D eigenvalue weighted by Gasteiger charge is -2.35. The van der Waals surface area contributed by atoms with Gasteiger partial charge in [-0.3, -0.25) is 0 Å². The van der Waals surface area contributed by atoms with Crippen LogP contribution < -0.4 is 0 Å².